The van der Waals surface area contributed by atoms with E-state index < -0.39 is 0 Å². The Bertz CT molecular complexity index is 124. The van der Waals surface area contributed by atoms with Gasteiger partial charge in [0.1, 0.15) is 0 Å². The molecule has 2 atom stereocenters. The second-order valence-electron chi connectivity index (χ2n) is 4.58. The summed E-state index contributed by atoms with van der Waals surface area (Å²) in [6.07, 6.45) is 9.49. The maximum atomic E-state index is 1.59. The van der Waals surface area contributed by atoms with Crippen LogP contribution in [0.1, 0.15) is 38.5 Å². The monoisotopic (exact) mass is 136 g/mol. The first-order valence-corrected chi connectivity index (χ1v) is 4.95. The molecule has 0 N–H and O–H groups in total. The smallest absolute Gasteiger partial charge is 0.0355 e. The molecule has 0 aliphatic heterocycles. The number of rotatable bonds is 2. The maximum Gasteiger partial charge on any atom is -0.0355 e. The molecule has 0 aromatic carbocycles. The van der Waals surface area contributed by atoms with Crippen molar-refractivity contribution in [2.45, 2.75) is 38.5 Å². The minimum absolute atomic E-state index is 1.21. The van der Waals surface area contributed by atoms with Crippen molar-refractivity contribution in [2.24, 2.45) is 23.7 Å². The van der Waals surface area contributed by atoms with E-state index in [1.807, 2.05) is 0 Å². The topological polar surface area (TPSA) is 0 Å². The van der Waals surface area contributed by atoms with Gasteiger partial charge in [-0.05, 0) is 62.2 Å². The molecule has 56 valence electrons. The second kappa shape index (κ2) is 1.78. The Kier molecular flexibility index (Phi) is 1.00. The molecule has 3 aliphatic rings. The van der Waals surface area contributed by atoms with Crippen LogP contribution in [-0.2, 0) is 0 Å². The van der Waals surface area contributed by atoms with Crippen LogP contribution < -0.4 is 0 Å². The zero-order chi connectivity index (χ0) is 6.55. The van der Waals surface area contributed by atoms with Crippen molar-refractivity contribution in [2.75, 3.05) is 0 Å². The average Bonchev–Trinajstić information content (AvgIpc) is 2.50. The van der Waals surface area contributed by atoms with Gasteiger partial charge < -0.3 is 0 Å². The summed E-state index contributed by atoms with van der Waals surface area (Å²) in [5, 5.41) is 0. The van der Waals surface area contributed by atoms with Crippen LogP contribution in [0.5, 0.6) is 0 Å². The van der Waals surface area contributed by atoms with Crippen LogP contribution in [0.2, 0.25) is 0 Å². The van der Waals surface area contributed by atoms with Gasteiger partial charge in [0.2, 0.25) is 0 Å². The molecule has 3 fully saturated rings. The second-order valence-corrected chi connectivity index (χ2v) is 4.58. The molecule has 0 radical (unpaired) electrons. The number of hydrogen-bond donors (Lipinski definition) is 0. The fourth-order valence-electron chi connectivity index (χ4n) is 2.77. The molecular formula is C10H16. The van der Waals surface area contributed by atoms with E-state index in [1.54, 1.807) is 38.5 Å². The van der Waals surface area contributed by atoms with E-state index in [4.69, 9.17) is 0 Å². The predicted molar refractivity (Wildman–Crippen MR) is 41.7 cm³/mol. The summed E-state index contributed by atoms with van der Waals surface area (Å²) in [4.78, 5) is 0. The SMILES string of the molecule is C1CC1C1CCC1C1CC1. The Morgan fingerprint density at radius 3 is 1.10 bits per heavy atom. The third kappa shape index (κ3) is 0.741. The van der Waals surface area contributed by atoms with Gasteiger partial charge in [-0.15, -0.1) is 0 Å². The lowest BCUT2D eigenvalue weighted by Crippen LogP contribution is -2.28. The molecule has 0 amide bonds. The summed E-state index contributed by atoms with van der Waals surface area (Å²) in [5.41, 5.74) is 0. The Balaban J connectivity index is 1.64. The van der Waals surface area contributed by atoms with Crippen molar-refractivity contribution < 1.29 is 0 Å². The molecule has 0 nitrogen and oxygen atoms in total. The lowest BCUT2D eigenvalue weighted by atomic mass is 9.68. The Hall–Kier alpha value is 0. The van der Waals surface area contributed by atoms with Gasteiger partial charge in [0, 0.05) is 0 Å². The van der Waals surface area contributed by atoms with E-state index in [2.05, 4.69) is 0 Å². The molecule has 0 saturated heterocycles. The fraction of sp³-hybridized carbons (Fsp3) is 1.00. The van der Waals surface area contributed by atoms with Crippen molar-refractivity contribution in [3.8, 4) is 0 Å². The van der Waals surface area contributed by atoms with Crippen LogP contribution >= 0.6 is 0 Å². The summed E-state index contributed by atoms with van der Waals surface area (Å²) < 4.78 is 0. The van der Waals surface area contributed by atoms with Crippen molar-refractivity contribution >= 4 is 0 Å². The number of hydrogen-bond acceptors (Lipinski definition) is 0. The average molecular weight is 136 g/mol. The minimum atomic E-state index is 1.21. The van der Waals surface area contributed by atoms with E-state index in [9.17, 15) is 0 Å². The largest absolute Gasteiger partial charge is 0.0499 e. The van der Waals surface area contributed by atoms with E-state index in [-0.39, 0.29) is 0 Å². The van der Waals surface area contributed by atoms with Crippen LogP contribution in [0.3, 0.4) is 0 Å². The quantitative estimate of drug-likeness (QED) is 0.547. The first kappa shape index (κ1) is 5.62. The normalized spacial score (nSPS) is 46.8. The Labute approximate surface area is 63.0 Å². The van der Waals surface area contributed by atoms with Crippen molar-refractivity contribution in [1.82, 2.24) is 0 Å². The van der Waals surface area contributed by atoms with Gasteiger partial charge in [-0.25, -0.2) is 0 Å². The van der Waals surface area contributed by atoms with Gasteiger partial charge in [-0.2, -0.15) is 0 Å². The lowest BCUT2D eigenvalue weighted by molar-refractivity contribution is 0.126. The fourth-order valence-corrected chi connectivity index (χ4v) is 2.77. The van der Waals surface area contributed by atoms with Crippen molar-refractivity contribution in [1.29, 1.82) is 0 Å². The van der Waals surface area contributed by atoms with Crippen molar-refractivity contribution in [3.05, 3.63) is 0 Å². The molecule has 0 bridgehead atoms. The van der Waals surface area contributed by atoms with Crippen LogP contribution in [0, 0.1) is 23.7 Å². The van der Waals surface area contributed by atoms with Gasteiger partial charge >= 0.3 is 0 Å². The highest BCUT2D eigenvalue weighted by Crippen LogP contribution is 2.57. The summed E-state index contributed by atoms with van der Waals surface area (Å²) in [7, 11) is 0. The van der Waals surface area contributed by atoms with Crippen LogP contribution in [0.25, 0.3) is 0 Å². The summed E-state index contributed by atoms with van der Waals surface area (Å²) in [6.45, 7) is 0. The van der Waals surface area contributed by atoms with E-state index in [0.29, 0.717) is 0 Å². The summed E-state index contributed by atoms with van der Waals surface area (Å²) in [5.74, 6) is 4.85. The zero-order valence-electron chi connectivity index (χ0n) is 6.55. The van der Waals surface area contributed by atoms with Crippen LogP contribution in [0.4, 0.5) is 0 Å². The van der Waals surface area contributed by atoms with E-state index in [1.165, 1.54) is 23.7 Å². The first-order chi connectivity index (χ1) is 4.95. The van der Waals surface area contributed by atoms with Gasteiger partial charge in [0.15, 0.2) is 0 Å². The van der Waals surface area contributed by atoms with E-state index in [0.717, 1.165) is 0 Å². The molecular weight excluding hydrogens is 120 g/mol. The maximum absolute atomic E-state index is 1.59. The van der Waals surface area contributed by atoms with Gasteiger partial charge in [-0.1, -0.05) is 0 Å². The van der Waals surface area contributed by atoms with Crippen LogP contribution in [0.15, 0.2) is 0 Å². The standard InChI is InChI=1S/C10H16/c1-2-7(1)9-5-6-10(9)8-3-4-8/h7-10H,1-6H2. The molecule has 0 spiro atoms. The van der Waals surface area contributed by atoms with Gasteiger partial charge in [-0.3, -0.25) is 0 Å². The van der Waals surface area contributed by atoms with E-state index >= 15 is 0 Å². The summed E-state index contributed by atoms with van der Waals surface area (Å²) in [6, 6.07) is 0. The Morgan fingerprint density at radius 2 is 0.900 bits per heavy atom. The highest BCUT2D eigenvalue weighted by atomic mass is 14.5. The molecule has 10 heavy (non-hydrogen) atoms. The highest BCUT2D eigenvalue weighted by molar-refractivity contribution is 4.97. The third-order valence-electron chi connectivity index (χ3n) is 3.84. The zero-order valence-corrected chi connectivity index (χ0v) is 6.55. The predicted octanol–water partition coefficient (Wildman–Crippen LogP) is 2.83. The molecule has 0 heterocycles. The van der Waals surface area contributed by atoms with Gasteiger partial charge in [0.25, 0.3) is 0 Å². The Morgan fingerprint density at radius 1 is 0.500 bits per heavy atom. The molecule has 0 aromatic rings. The third-order valence-corrected chi connectivity index (χ3v) is 3.84. The highest BCUT2D eigenvalue weighted by Gasteiger charge is 2.47. The molecule has 3 aliphatic carbocycles. The van der Waals surface area contributed by atoms with Crippen molar-refractivity contribution in [3.63, 3.8) is 0 Å². The molecule has 3 rings (SSSR count). The molecule has 0 heteroatoms. The first-order valence-electron chi connectivity index (χ1n) is 4.95. The molecule has 0 aromatic heterocycles. The van der Waals surface area contributed by atoms with Crippen LogP contribution in [-0.4, -0.2) is 0 Å². The lowest BCUT2D eigenvalue weighted by Gasteiger charge is -2.37. The molecule has 3 saturated carbocycles. The molecule has 2 unspecified atom stereocenters. The minimum Gasteiger partial charge on any atom is -0.0499 e. The summed E-state index contributed by atoms with van der Waals surface area (Å²) >= 11 is 0. The van der Waals surface area contributed by atoms with Gasteiger partial charge in [0.05, 0.1) is 0 Å².